The molecule has 112 valence electrons. The van der Waals surface area contributed by atoms with Gasteiger partial charge < -0.3 is 4.90 Å². The second-order valence-electron chi connectivity index (χ2n) is 5.30. The van der Waals surface area contributed by atoms with Crippen LogP contribution >= 0.6 is 0 Å². The van der Waals surface area contributed by atoms with Gasteiger partial charge in [-0.2, -0.15) is 0 Å². The largest absolute Gasteiger partial charge is 0.300 e. The number of Topliss-reactive ketones (excluding diaryl/α,β-unsaturated/α-hetero) is 1. The number of carbonyl (C=O) groups excluding carboxylic acids is 1. The van der Waals surface area contributed by atoms with Crippen LogP contribution in [0, 0.1) is 5.82 Å². The van der Waals surface area contributed by atoms with Crippen molar-refractivity contribution in [3.8, 4) is 0 Å². The smallest absolute Gasteiger partial charge is 0.167 e. The molecule has 0 fully saturated rings. The average Bonchev–Trinajstić information content (AvgIpc) is 2.46. The Kier molecular flexibility index (Phi) is 7.45. The van der Waals surface area contributed by atoms with E-state index in [0.29, 0.717) is 19.0 Å². The minimum absolute atomic E-state index is 0.104. The number of hydrogen-bond donors (Lipinski definition) is 0. The third-order valence-corrected chi connectivity index (χ3v) is 3.81. The highest BCUT2D eigenvalue weighted by Crippen LogP contribution is 2.12. The average molecular weight is 279 g/mol. The van der Waals surface area contributed by atoms with E-state index in [1.165, 1.54) is 6.07 Å². The molecule has 20 heavy (non-hydrogen) atoms. The zero-order chi connectivity index (χ0) is 15.0. The summed E-state index contributed by atoms with van der Waals surface area (Å²) < 4.78 is 13.6. The van der Waals surface area contributed by atoms with E-state index in [2.05, 4.69) is 25.7 Å². The van der Waals surface area contributed by atoms with Crippen LogP contribution in [0.4, 0.5) is 4.39 Å². The van der Waals surface area contributed by atoms with E-state index >= 15 is 0 Å². The fourth-order valence-corrected chi connectivity index (χ4v) is 2.24. The highest BCUT2D eigenvalue weighted by atomic mass is 19.1. The van der Waals surface area contributed by atoms with Crippen molar-refractivity contribution >= 4 is 5.78 Å². The molecule has 1 aromatic carbocycles. The fraction of sp³-hybridized carbons (Fsp3) is 0.588. The van der Waals surface area contributed by atoms with Crippen LogP contribution < -0.4 is 0 Å². The summed E-state index contributed by atoms with van der Waals surface area (Å²) in [7, 11) is 0. The molecule has 0 saturated heterocycles. The molecule has 2 nitrogen and oxygen atoms in total. The molecule has 3 heteroatoms. The molecule has 1 atom stereocenters. The van der Waals surface area contributed by atoms with Gasteiger partial charge in [0.15, 0.2) is 5.78 Å². The molecule has 0 heterocycles. The summed E-state index contributed by atoms with van der Waals surface area (Å²) in [5.74, 6) is -0.519. The van der Waals surface area contributed by atoms with Gasteiger partial charge in [0, 0.05) is 19.0 Å². The molecule has 0 aliphatic carbocycles. The Morgan fingerprint density at radius 2 is 1.95 bits per heavy atom. The van der Waals surface area contributed by atoms with Gasteiger partial charge in [0.1, 0.15) is 5.82 Å². The number of carbonyl (C=O) groups is 1. The third-order valence-electron chi connectivity index (χ3n) is 3.81. The van der Waals surface area contributed by atoms with Gasteiger partial charge in [-0.3, -0.25) is 4.79 Å². The van der Waals surface area contributed by atoms with Crippen molar-refractivity contribution in [2.75, 3.05) is 13.1 Å². The summed E-state index contributed by atoms with van der Waals surface area (Å²) in [4.78, 5) is 14.4. The molecular weight excluding hydrogens is 253 g/mol. The number of halogens is 1. The van der Waals surface area contributed by atoms with Gasteiger partial charge in [-0.1, -0.05) is 32.4 Å². The molecule has 1 rings (SSSR count). The molecule has 0 saturated carbocycles. The van der Waals surface area contributed by atoms with Crippen molar-refractivity contribution in [1.82, 2.24) is 4.90 Å². The molecule has 0 aliphatic heterocycles. The zero-order valence-corrected chi connectivity index (χ0v) is 12.9. The van der Waals surface area contributed by atoms with Gasteiger partial charge in [0.05, 0.1) is 5.56 Å². The minimum atomic E-state index is -0.416. The van der Waals surface area contributed by atoms with Gasteiger partial charge in [-0.25, -0.2) is 4.39 Å². The van der Waals surface area contributed by atoms with Crippen molar-refractivity contribution in [2.45, 2.75) is 52.5 Å². The topological polar surface area (TPSA) is 20.3 Å². The Labute approximate surface area is 122 Å². The lowest BCUT2D eigenvalue weighted by atomic mass is 10.1. The van der Waals surface area contributed by atoms with Crippen LogP contribution in [0.5, 0.6) is 0 Å². The number of ketones is 1. The number of rotatable bonds is 9. The fourth-order valence-electron chi connectivity index (χ4n) is 2.24. The van der Waals surface area contributed by atoms with Crippen LogP contribution in [-0.2, 0) is 0 Å². The lowest BCUT2D eigenvalue weighted by Crippen LogP contribution is -2.35. The van der Waals surface area contributed by atoms with Crippen molar-refractivity contribution in [2.24, 2.45) is 0 Å². The number of nitrogens with zero attached hydrogens (tertiary/aromatic N) is 1. The molecule has 0 bridgehead atoms. The Bertz CT molecular complexity index is 419. The first-order valence-corrected chi connectivity index (χ1v) is 7.61. The van der Waals surface area contributed by atoms with Gasteiger partial charge in [0.25, 0.3) is 0 Å². The van der Waals surface area contributed by atoms with E-state index in [9.17, 15) is 9.18 Å². The lowest BCUT2D eigenvalue weighted by molar-refractivity contribution is 0.0947. The second kappa shape index (κ2) is 8.85. The van der Waals surface area contributed by atoms with Crippen molar-refractivity contribution in [3.63, 3.8) is 0 Å². The number of hydrogen-bond acceptors (Lipinski definition) is 2. The monoisotopic (exact) mass is 279 g/mol. The number of benzene rings is 1. The summed E-state index contributed by atoms with van der Waals surface area (Å²) in [6.07, 6.45) is 3.74. The SMILES string of the molecule is CCCCN(CCC(=O)c1ccccc1F)C(C)CC. The molecule has 0 amide bonds. The predicted octanol–water partition coefficient (Wildman–Crippen LogP) is 4.30. The van der Waals surface area contributed by atoms with Crippen LogP contribution in [0.25, 0.3) is 0 Å². The maximum Gasteiger partial charge on any atom is 0.167 e. The van der Waals surface area contributed by atoms with Gasteiger partial charge in [0.2, 0.25) is 0 Å². The molecule has 0 N–H and O–H groups in total. The minimum Gasteiger partial charge on any atom is -0.300 e. The van der Waals surface area contributed by atoms with Crippen molar-refractivity contribution in [1.29, 1.82) is 0 Å². The van der Waals surface area contributed by atoms with Crippen LogP contribution in [0.1, 0.15) is 56.8 Å². The van der Waals surface area contributed by atoms with Gasteiger partial charge >= 0.3 is 0 Å². The summed E-state index contributed by atoms with van der Waals surface area (Å²) in [5.41, 5.74) is 0.215. The van der Waals surface area contributed by atoms with Crippen LogP contribution in [-0.4, -0.2) is 29.8 Å². The molecule has 1 unspecified atom stereocenters. The van der Waals surface area contributed by atoms with Gasteiger partial charge in [-0.15, -0.1) is 0 Å². The number of unbranched alkanes of at least 4 members (excludes halogenated alkanes) is 1. The van der Waals surface area contributed by atoms with Gasteiger partial charge in [-0.05, 0) is 38.4 Å². The standard InChI is InChI=1S/C17H26FNO/c1-4-6-12-19(14(3)5-2)13-11-17(20)15-9-7-8-10-16(15)18/h7-10,14H,4-6,11-13H2,1-3H3. The molecule has 0 aliphatic rings. The van der Waals surface area contributed by atoms with E-state index in [-0.39, 0.29) is 11.3 Å². The summed E-state index contributed by atoms with van der Waals surface area (Å²) in [6.45, 7) is 8.23. The summed E-state index contributed by atoms with van der Waals surface area (Å²) in [5, 5.41) is 0. The highest BCUT2D eigenvalue weighted by Gasteiger charge is 2.15. The van der Waals surface area contributed by atoms with E-state index in [1.54, 1.807) is 18.2 Å². The van der Waals surface area contributed by atoms with E-state index < -0.39 is 5.82 Å². The quantitative estimate of drug-likeness (QED) is 0.628. The molecule has 1 aromatic rings. The predicted molar refractivity (Wildman–Crippen MR) is 81.6 cm³/mol. The maximum absolute atomic E-state index is 13.6. The maximum atomic E-state index is 13.6. The van der Waals surface area contributed by atoms with Crippen LogP contribution in [0.2, 0.25) is 0 Å². The zero-order valence-electron chi connectivity index (χ0n) is 12.9. The first-order valence-electron chi connectivity index (χ1n) is 7.61. The van der Waals surface area contributed by atoms with E-state index in [0.717, 1.165) is 25.8 Å². The lowest BCUT2D eigenvalue weighted by Gasteiger charge is -2.28. The Hall–Kier alpha value is -1.22. The van der Waals surface area contributed by atoms with E-state index in [1.807, 2.05) is 0 Å². The summed E-state index contributed by atoms with van der Waals surface area (Å²) >= 11 is 0. The van der Waals surface area contributed by atoms with E-state index in [4.69, 9.17) is 0 Å². The Morgan fingerprint density at radius 1 is 1.25 bits per heavy atom. The molecular formula is C17H26FNO. The van der Waals surface area contributed by atoms with Crippen molar-refractivity contribution in [3.05, 3.63) is 35.6 Å². The molecule has 0 radical (unpaired) electrons. The second-order valence-corrected chi connectivity index (χ2v) is 5.30. The first-order chi connectivity index (χ1) is 9.60. The van der Waals surface area contributed by atoms with Crippen LogP contribution in [0.15, 0.2) is 24.3 Å². The van der Waals surface area contributed by atoms with Crippen molar-refractivity contribution < 1.29 is 9.18 Å². The third kappa shape index (κ3) is 5.04. The Balaban J connectivity index is 2.58. The highest BCUT2D eigenvalue weighted by molar-refractivity contribution is 5.96. The first kappa shape index (κ1) is 16.8. The van der Waals surface area contributed by atoms with Crippen LogP contribution in [0.3, 0.4) is 0 Å². The summed E-state index contributed by atoms with van der Waals surface area (Å²) in [6, 6.07) is 6.70. The molecule has 0 spiro atoms. The normalized spacial score (nSPS) is 12.7. The Morgan fingerprint density at radius 3 is 2.55 bits per heavy atom. The molecule has 0 aromatic heterocycles.